The molecule has 2 aliphatic rings. The zero-order valence-corrected chi connectivity index (χ0v) is 18.2. The van der Waals surface area contributed by atoms with Crippen LogP contribution in [0.5, 0.6) is 5.75 Å². The fraction of sp³-hybridized carbons (Fsp3) is 0.636. The minimum absolute atomic E-state index is 0.158. The third kappa shape index (κ3) is 5.22. The quantitative estimate of drug-likeness (QED) is 0.524. The number of carbonyl (C=O) groups is 1. The first-order valence-corrected chi connectivity index (χ1v) is 10.7. The summed E-state index contributed by atoms with van der Waals surface area (Å²) in [5.41, 5.74) is 1.15. The first kappa shape index (κ1) is 22.3. The Morgan fingerprint density at radius 2 is 2.03 bits per heavy atom. The lowest BCUT2D eigenvalue weighted by molar-refractivity contribution is -0.138. The van der Waals surface area contributed by atoms with Gasteiger partial charge in [0.15, 0.2) is 12.8 Å². The normalized spacial score (nSPS) is 17.8. The van der Waals surface area contributed by atoms with E-state index in [-0.39, 0.29) is 18.5 Å². The molecule has 2 N–H and O–H groups in total. The molecule has 1 aliphatic carbocycles. The van der Waals surface area contributed by atoms with E-state index in [9.17, 15) is 9.18 Å². The SMILES string of the molecule is CCNC(=NCC1(C(=O)N(C)C)CCCC1)NCCc1cc(F)cc2c1OCOC2. The number of nitrogens with one attached hydrogen (secondary N) is 2. The second-order valence-electron chi connectivity index (χ2n) is 8.22. The van der Waals surface area contributed by atoms with E-state index in [1.165, 1.54) is 12.1 Å². The van der Waals surface area contributed by atoms with Gasteiger partial charge in [-0.05, 0) is 43.9 Å². The largest absolute Gasteiger partial charge is 0.467 e. The van der Waals surface area contributed by atoms with Crippen LogP contribution in [-0.2, 0) is 22.6 Å². The molecule has 0 saturated heterocycles. The number of halogens is 1. The molecular weight excluding hydrogens is 387 g/mol. The minimum Gasteiger partial charge on any atom is -0.467 e. The molecule has 0 unspecified atom stereocenters. The van der Waals surface area contributed by atoms with Crippen LogP contribution in [0.25, 0.3) is 0 Å². The maximum Gasteiger partial charge on any atom is 0.230 e. The Labute approximate surface area is 178 Å². The zero-order valence-electron chi connectivity index (χ0n) is 18.2. The maximum atomic E-state index is 13.9. The second kappa shape index (κ2) is 10.1. The summed E-state index contributed by atoms with van der Waals surface area (Å²) in [4.78, 5) is 19.2. The van der Waals surface area contributed by atoms with Gasteiger partial charge in [-0.15, -0.1) is 0 Å². The number of ether oxygens (including phenoxy) is 2. The number of fused-ring (bicyclic) bond motifs is 1. The van der Waals surface area contributed by atoms with Crippen molar-refractivity contribution in [3.8, 4) is 5.75 Å². The molecule has 1 saturated carbocycles. The van der Waals surface area contributed by atoms with Crippen molar-refractivity contribution in [2.75, 3.05) is 40.5 Å². The van der Waals surface area contributed by atoms with Gasteiger partial charge in [-0.2, -0.15) is 0 Å². The second-order valence-corrected chi connectivity index (χ2v) is 8.22. The van der Waals surface area contributed by atoms with Crippen molar-refractivity contribution in [1.29, 1.82) is 0 Å². The standard InChI is InChI=1S/C22H33FN4O3/c1-4-24-21(26-14-22(8-5-6-9-22)20(28)27(2)3)25-10-7-16-11-18(23)12-17-13-29-15-30-19(16)17/h11-12H,4-10,13-15H2,1-3H3,(H2,24,25,26). The van der Waals surface area contributed by atoms with Crippen LogP contribution in [0, 0.1) is 11.2 Å². The highest BCUT2D eigenvalue weighted by Gasteiger charge is 2.42. The van der Waals surface area contributed by atoms with Gasteiger partial charge in [0.1, 0.15) is 11.6 Å². The van der Waals surface area contributed by atoms with Crippen molar-refractivity contribution in [2.24, 2.45) is 10.4 Å². The summed E-state index contributed by atoms with van der Waals surface area (Å²) in [6.45, 7) is 4.31. The molecule has 7 nitrogen and oxygen atoms in total. The topological polar surface area (TPSA) is 75.2 Å². The van der Waals surface area contributed by atoms with Gasteiger partial charge < -0.3 is 25.0 Å². The van der Waals surface area contributed by atoms with Gasteiger partial charge in [-0.1, -0.05) is 12.8 Å². The van der Waals surface area contributed by atoms with Crippen molar-refractivity contribution in [3.63, 3.8) is 0 Å². The third-order valence-corrected chi connectivity index (χ3v) is 5.74. The van der Waals surface area contributed by atoms with Crippen LogP contribution in [0.4, 0.5) is 4.39 Å². The molecule has 3 rings (SSSR count). The van der Waals surface area contributed by atoms with Gasteiger partial charge in [-0.25, -0.2) is 4.39 Å². The summed E-state index contributed by atoms with van der Waals surface area (Å²) < 4.78 is 24.8. The Kier molecular flexibility index (Phi) is 7.53. The average Bonchev–Trinajstić information content (AvgIpc) is 3.21. The lowest BCUT2D eigenvalue weighted by atomic mass is 9.85. The first-order chi connectivity index (χ1) is 14.4. The summed E-state index contributed by atoms with van der Waals surface area (Å²) in [6.07, 6.45) is 4.47. The number of hydrogen-bond donors (Lipinski definition) is 2. The van der Waals surface area contributed by atoms with E-state index < -0.39 is 5.41 Å². The Balaban J connectivity index is 1.65. The molecule has 166 valence electrons. The fourth-order valence-electron chi connectivity index (χ4n) is 4.30. The van der Waals surface area contributed by atoms with Gasteiger partial charge in [0, 0.05) is 32.7 Å². The number of benzene rings is 1. The fourth-order valence-corrected chi connectivity index (χ4v) is 4.30. The molecule has 0 atom stereocenters. The average molecular weight is 421 g/mol. The van der Waals surface area contributed by atoms with E-state index in [1.807, 2.05) is 21.0 Å². The Bertz CT molecular complexity index is 776. The highest BCUT2D eigenvalue weighted by molar-refractivity contribution is 5.84. The van der Waals surface area contributed by atoms with Gasteiger partial charge in [0.25, 0.3) is 0 Å². The van der Waals surface area contributed by atoms with Gasteiger partial charge in [0.2, 0.25) is 5.91 Å². The number of nitrogens with zero attached hydrogens (tertiary/aromatic N) is 2. The predicted molar refractivity (Wildman–Crippen MR) is 114 cm³/mol. The number of amides is 1. The molecule has 0 radical (unpaired) electrons. The lowest BCUT2D eigenvalue weighted by Crippen LogP contribution is -2.43. The van der Waals surface area contributed by atoms with Gasteiger partial charge in [0.05, 0.1) is 18.6 Å². The summed E-state index contributed by atoms with van der Waals surface area (Å²) in [6, 6.07) is 2.97. The monoisotopic (exact) mass is 420 g/mol. The van der Waals surface area contributed by atoms with E-state index in [0.29, 0.717) is 37.8 Å². The Morgan fingerprint density at radius 3 is 2.73 bits per heavy atom. The van der Waals surface area contributed by atoms with Crippen LogP contribution in [0.3, 0.4) is 0 Å². The van der Waals surface area contributed by atoms with E-state index in [0.717, 1.165) is 43.4 Å². The van der Waals surface area contributed by atoms with Crippen molar-refractivity contribution >= 4 is 11.9 Å². The van der Waals surface area contributed by atoms with Crippen molar-refractivity contribution in [3.05, 3.63) is 29.1 Å². The summed E-state index contributed by atoms with van der Waals surface area (Å²) >= 11 is 0. The molecule has 0 aromatic heterocycles. The molecule has 1 aromatic rings. The third-order valence-electron chi connectivity index (χ3n) is 5.74. The van der Waals surface area contributed by atoms with Crippen molar-refractivity contribution in [2.45, 2.75) is 45.6 Å². The number of rotatable bonds is 7. The van der Waals surface area contributed by atoms with Crippen LogP contribution in [0.1, 0.15) is 43.7 Å². The van der Waals surface area contributed by atoms with Crippen LogP contribution in [0.2, 0.25) is 0 Å². The van der Waals surface area contributed by atoms with E-state index in [4.69, 9.17) is 14.5 Å². The molecule has 0 spiro atoms. The zero-order chi connectivity index (χ0) is 21.6. The number of aliphatic imine (C=N–C) groups is 1. The van der Waals surface area contributed by atoms with Crippen LogP contribution in [0.15, 0.2) is 17.1 Å². The van der Waals surface area contributed by atoms with Crippen molar-refractivity contribution < 1.29 is 18.7 Å². The molecule has 1 heterocycles. The molecule has 0 bridgehead atoms. The van der Waals surface area contributed by atoms with E-state index >= 15 is 0 Å². The molecule has 30 heavy (non-hydrogen) atoms. The molecule has 8 heteroatoms. The van der Waals surface area contributed by atoms with Gasteiger partial charge in [-0.3, -0.25) is 9.79 Å². The molecule has 1 amide bonds. The van der Waals surface area contributed by atoms with E-state index in [2.05, 4.69) is 10.6 Å². The summed E-state index contributed by atoms with van der Waals surface area (Å²) in [5, 5.41) is 6.55. The first-order valence-electron chi connectivity index (χ1n) is 10.7. The minimum atomic E-state index is -0.401. The summed E-state index contributed by atoms with van der Waals surface area (Å²) in [7, 11) is 3.62. The predicted octanol–water partition coefficient (Wildman–Crippen LogP) is 2.44. The Morgan fingerprint density at radius 1 is 1.27 bits per heavy atom. The van der Waals surface area contributed by atoms with Crippen LogP contribution >= 0.6 is 0 Å². The smallest absolute Gasteiger partial charge is 0.230 e. The van der Waals surface area contributed by atoms with Crippen LogP contribution in [-0.4, -0.2) is 57.3 Å². The summed E-state index contributed by atoms with van der Waals surface area (Å²) in [5.74, 6) is 1.26. The highest BCUT2D eigenvalue weighted by Crippen LogP contribution is 2.39. The highest BCUT2D eigenvalue weighted by atomic mass is 19.1. The van der Waals surface area contributed by atoms with Crippen molar-refractivity contribution in [1.82, 2.24) is 15.5 Å². The lowest BCUT2D eigenvalue weighted by Gasteiger charge is -2.29. The molecule has 1 fully saturated rings. The Hall–Kier alpha value is -2.35. The molecule has 1 aromatic carbocycles. The number of guanidine groups is 1. The number of hydrogen-bond acceptors (Lipinski definition) is 4. The molecule has 1 aliphatic heterocycles. The number of carbonyl (C=O) groups excluding carboxylic acids is 1. The van der Waals surface area contributed by atoms with Gasteiger partial charge >= 0.3 is 0 Å². The maximum absolute atomic E-state index is 13.9. The molecular formula is C22H33FN4O3. The van der Waals surface area contributed by atoms with E-state index in [1.54, 1.807) is 4.90 Å². The van der Waals surface area contributed by atoms with Crippen LogP contribution < -0.4 is 15.4 Å².